The second-order valence-corrected chi connectivity index (χ2v) is 19.5. The number of hydrogen-bond acceptors (Lipinski definition) is 12. The molecule has 6 unspecified atom stereocenters. The first-order valence-corrected chi connectivity index (χ1v) is 26.9. The van der Waals surface area contributed by atoms with Crippen LogP contribution in [0.15, 0.2) is 12.7 Å². The number of aliphatic hydroxyl groups is 5. The Morgan fingerprint density at radius 1 is 0.508 bits per heavy atom. The Balaban J connectivity index is 2.38. The molecule has 0 aromatic heterocycles. The Kier molecular flexibility index (Phi) is 37.6. The molecule has 8 atom stereocenters. The van der Waals surface area contributed by atoms with Gasteiger partial charge in [0.1, 0.15) is 43.2 Å². The van der Waals surface area contributed by atoms with Crippen LogP contribution in [-0.4, -0.2) is 98.3 Å². The van der Waals surface area contributed by atoms with Crippen molar-refractivity contribution in [2.45, 2.75) is 274 Å². The van der Waals surface area contributed by atoms with Crippen molar-refractivity contribution in [2.75, 3.05) is 13.2 Å². The molecule has 0 saturated heterocycles. The Morgan fingerprint density at radius 2 is 0.841 bits per heavy atom. The summed E-state index contributed by atoms with van der Waals surface area (Å²) in [5, 5.41) is 50.2. The third-order valence-corrected chi connectivity index (χ3v) is 13.2. The predicted molar refractivity (Wildman–Crippen MR) is 249 cm³/mol. The van der Waals surface area contributed by atoms with Gasteiger partial charge in [-0.2, -0.15) is 0 Å². The van der Waals surface area contributed by atoms with Crippen LogP contribution in [0, 0.1) is 0 Å². The largest absolute Gasteiger partial charge is 0.472 e. The van der Waals surface area contributed by atoms with Crippen LogP contribution in [0.1, 0.15) is 232 Å². The number of phosphoric acid groups is 1. The molecule has 1 saturated carbocycles. The molecule has 372 valence electrons. The molecule has 0 amide bonds. The van der Waals surface area contributed by atoms with Gasteiger partial charge in [-0.05, 0) is 25.7 Å². The van der Waals surface area contributed by atoms with E-state index >= 15 is 0 Å². The van der Waals surface area contributed by atoms with Gasteiger partial charge in [0.25, 0.3) is 0 Å². The maximum atomic E-state index is 12.8. The SMILES string of the molecule is C=CCCCCCCCCCCCCCCCC(=O)OC[C@H](COP(=O)(O)OC1C(O)C(O)C(O)[C@@H](O)C1O)OC(=O)CCCCCCCCCCCCCCCCCCCCC. The summed E-state index contributed by atoms with van der Waals surface area (Å²) >= 11 is 0. The fraction of sp³-hybridized carbons (Fsp3) is 0.918. The van der Waals surface area contributed by atoms with Gasteiger partial charge in [0, 0.05) is 12.8 Å². The summed E-state index contributed by atoms with van der Waals surface area (Å²) in [4.78, 5) is 35.8. The van der Waals surface area contributed by atoms with Gasteiger partial charge in [-0.15, -0.1) is 6.58 Å². The lowest BCUT2D eigenvalue weighted by Gasteiger charge is -2.41. The standard InChI is InChI=1S/C49H93O13P/c1-3-5-7-9-11-13-15-17-19-20-21-22-24-26-28-30-32-34-36-38-43(51)61-41(40-60-63(57,58)62-49-47(55)45(53)44(52)46(54)48(49)56)39-59-42(50)37-35-33-31-29-27-25-23-18-16-14-12-10-8-6-4-2/h4,41,44-49,52-56H,2-3,5-40H2,1H3,(H,57,58)/t41-,44?,45-,46?,47?,48?,49?/m1/s1. The van der Waals surface area contributed by atoms with Crippen molar-refractivity contribution in [3.8, 4) is 0 Å². The number of esters is 2. The lowest BCUT2D eigenvalue weighted by molar-refractivity contribution is -0.220. The number of phosphoric ester groups is 1. The fourth-order valence-corrected chi connectivity index (χ4v) is 9.12. The van der Waals surface area contributed by atoms with E-state index in [4.69, 9.17) is 18.5 Å². The van der Waals surface area contributed by atoms with E-state index in [1.54, 1.807) is 0 Å². The van der Waals surface area contributed by atoms with E-state index in [9.17, 15) is 44.6 Å². The van der Waals surface area contributed by atoms with E-state index in [2.05, 4.69) is 13.5 Å². The van der Waals surface area contributed by atoms with Crippen LogP contribution in [0.4, 0.5) is 0 Å². The van der Waals surface area contributed by atoms with Crippen LogP contribution in [-0.2, 0) is 32.7 Å². The highest BCUT2D eigenvalue weighted by Gasteiger charge is 2.51. The van der Waals surface area contributed by atoms with Crippen molar-refractivity contribution in [3.63, 3.8) is 0 Å². The molecule has 1 rings (SSSR count). The lowest BCUT2D eigenvalue weighted by atomic mass is 9.85. The van der Waals surface area contributed by atoms with E-state index < -0.39 is 75.7 Å². The minimum Gasteiger partial charge on any atom is -0.462 e. The van der Waals surface area contributed by atoms with E-state index in [-0.39, 0.29) is 12.8 Å². The lowest BCUT2D eigenvalue weighted by Crippen LogP contribution is -2.64. The van der Waals surface area contributed by atoms with Gasteiger partial charge in [-0.1, -0.05) is 199 Å². The zero-order valence-corrected chi connectivity index (χ0v) is 40.4. The van der Waals surface area contributed by atoms with Gasteiger partial charge in [-0.3, -0.25) is 18.6 Å². The Bertz CT molecular complexity index is 1140. The average molecular weight is 921 g/mol. The molecule has 0 heterocycles. The number of ether oxygens (including phenoxy) is 2. The molecule has 0 aromatic carbocycles. The van der Waals surface area contributed by atoms with E-state index in [1.807, 2.05) is 6.08 Å². The quantitative estimate of drug-likeness (QED) is 0.0146. The van der Waals surface area contributed by atoms with Crippen LogP contribution in [0.3, 0.4) is 0 Å². The van der Waals surface area contributed by atoms with Gasteiger partial charge in [0.2, 0.25) is 0 Å². The highest BCUT2D eigenvalue weighted by molar-refractivity contribution is 7.47. The molecule has 13 nitrogen and oxygen atoms in total. The second kappa shape index (κ2) is 39.7. The van der Waals surface area contributed by atoms with Crippen molar-refractivity contribution >= 4 is 19.8 Å². The van der Waals surface area contributed by atoms with E-state index in [0.29, 0.717) is 12.8 Å². The summed E-state index contributed by atoms with van der Waals surface area (Å²) < 4.78 is 33.6. The second-order valence-electron chi connectivity index (χ2n) is 18.1. The number of rotatable bonds is 44. The Labute approximate surface area is 382 Å². The third kappa shape index (κ3) is 32.0. The first kappa shape index (κ1) is 59.6. The molecule has 1 aliphatic carbocycles. The molecule has 0 aromatic rings. The molecule has 1 aliphatic rings. The average Bonchev–Trinajstić information content (AvgIpc) is 3.26. The van der Waals surface area contributed by atoms with Gasteiger partial charge in [0.15, 0.2) is 6.10 Å². The molecule has 1 fully saturated rings. The fourth-order valence-electron chi connectivity index (χ4n) is 8.15. The maximum Gasteiger partial charge on any atom is 0.472 e. The first-order chi connectivity index (χ1) is 30.4. The topological polar surface area (TPSA) is 210 Å². The smallest absolute Gasteiger partial charge is 0.462 e. The van der Waals surface area contributed by atoms with Crippen molar-refractivity contribution in [2.24, 2.45) is 0 Å². The summed E-state index contributed by atoms with van der Waals surface area (Å²) in [5.41, 5.74) is 0. The van der Waals surface area contributed by atoms with E-state index in [0.717, 1.165) is 44.9 Å². The van der Waals surface area contributed by atoms with Crippen LogP contribution in [0.25, 0.3) is 0 Å². The van der Waals surface area contributed by atoms with Crippen molar-refractivity contribution in [1.82, 2.24) is 0 Å². The van der Waals surface area contributed by atoms with Gasteiger partial charge < -0.3 is 39.9 Å². The molecule has 0 aliphatic heterocycles. The first-order valence-electron chi connectivity index (χ1n) is 25.5. The molecule has 6 N–H and O–H groups in total. The zero-order valence-electron chi connectivity index (χ0n) is 39.5. The molecule has 63 heavy (non-hydrogen) atoms. The summed E-state index contributed by atoms with van der Waals surface area (Å²) in [6.45, 7) is 4.87. The highest BCUT2D eigenvalue weighted by atomic mass is 31.2. The van der Waals surface area contributed by atoms with Gasteiger partial charge >= 0.3 is 19.8 Å². The summed E-state index contributed by atoms with van der Waals surface area (Å²) in [6.07, 6.45) is 28.7. The summed E-state index contributed by atoms with van der Waals surface area (Å²) in [6, 6.07) is 0. The Morgan fingerprint density at radius 3 is 1.22 bits per heavy atom. The predicted octanol–water partition coefficient (Wildman–Crippen LogP) is 10.6. The molecular weight excluding hydrogens is 827 g/mol. The molecule has 0 radical (unpaired) electrons. The molecular formula is C49H93O13P. The van der Waals surface area contributed by atoms with Gasteiger partial charge in [-0.25, -0.2) is 4.57 Å². The normalized spacial score (nSPS) is 21.5. The molecule has 14 heteroatoms. The van der Waals surface area contributed by atoms with Crippen molar-refractivity contribution in [3.05, 3.63) is 12.7 Å². The van der Waals surface area contributed by atoms with Crippen LogP contribution in [0.5, 0.6) is 0 Å². The Hall–Kier alpha value is -1.41. The monoisotopic (exact) mass is 921 g/mol. The maximum absolute atomic E-state index is 12.8. The summed E-state index contributed by atoms with van der Waals surface area (Å²) in [7, 11) is -5.12. The zero-order chi connectivity index (χ0) is 46.4. The number of hydrogen-bond donors (Lipinski definition) is 6. The van der Waals surface area contributed by atoms with Crippen LogP contribution < -0.4 is 0 Å². The van der Waals surface area contributed by atoms with Crippen LogP contribution in [0.2, 0.25) is 0 Å². The molecule has 0 bridgehead atoms. The number of unbranched alkanes of at least 4 members (excludes halogenated alkanes) is 31. The number of carbonyl (C=O) groups is 2. The number of allylic oxidation sites excluding steroid dienone is 1. The third-order valence-electron chi connectivity index (χ3n) is 12.3. The highest BCUT2D eigenvalue weighted by Crippen LogP contribution is 2.47. The molecule has 0 spiro atoms. The van der Waals surface area contributed by atoms with E-state index in [1.165, 1.54) is 154 Å². The van der Waals surface area contributed by atoms with Crippen LogP contribution >= 0.6 is 7.82 Å². The van der Waals surface area contributed by atoms with Gasteiger partial charge in [0.05, 0.1) is 6.61 Å². The number of carbonyl (C=O) groups excluding carboxylic acids is 2. The number of aliphatic hydroxyl groups excluding tert-OH is 5. The minimum atomic E-state index is -5.12. The summed E-state index contributed by atoms with van der Waals surface area (Å²) in [5.74, 6) is -1.09. The minimum absolute atomic E-state index is 0.103. The van der Waals surface area contributed by atoms with Crippen molar-refractivity contribution in [1.29, 1.82) is 0 Å². The van der Waals surface area contributed by atoms with Crippen molar-refractivity contribution < 1.29 is 63.1 Å².